The topological polar surface area (TPSA) is 76.8 Å². The summed E-state index contributed by atoms with van der Waals surface area (Å²) >= 11 is 0. The van der Waals surface area contributed by atoms with Crippen LogP contribution in [-0.2, 0) is 19.6 Å². The highest BCUT2D eigenvalue weighted by molar-refractivity contribution is 7.89. The molecular weight excluding hydrogens is 378 g/mol. The number of sulfonamides is 1. The van der Waals surface area contributed by atoms with Crippen LogP contribution in [0.15, 0.2) is 63.6 Å². The molecule has 1 aromatic carbocycles. The van der Waals surface area contributed by atoms with Crippen molar-refractivity contribution in [1.29, 1.82) is 0 Å². The summed E-state index contributed by atoms with van der Waals surface area (Å²) < 4.78 is 39.1. The molecule has 3 rings (SSSR count). The first-order valence-electron chi connectivity index (χ1n) is 9.15. The summed E-state index contributed by atoms with van der Waals surface area (Å²) in [5, 5.41) is 0. The van der Waals surface area contributed by atoms with E-state index in [0.717, 1.165) is 5.56 Å². The molecular formula is C21H25NO5S. The Bertz CT molecular complexity index is 967. The molecule has 0 aliphatic carbocycles. The van der Waals surface area contributed by atoms with Gasteiger partial charge in [0, 0.05) is 6.54 Å². The summed E-state index contributed by atoms with van der Waals surface area (Å²) in [6.45, 7) is 7.46. The number of carbonyl (C=O) groups is 1. The molecule has 1 atom stereocenters. The van der Waals surface area contributed by atoms with Crippen molar-refractivity contribution < 1.29 is 22.4 Å². The van der Waals surface area contributed by atoms with E-state index in [1.165, 1.54) is 10.6 Å². The number of carbonyl (C=O) groups excluding carboxylic acids is 1. The van der Waals surface area contributed by atoms with E-state index in [0.29, 0.717) is 12.2 Å². The van der Waals surface area contributed by atoms with Gasteiger partial charge in [-0.25, -0.2) is 13.2 Å². The second-order valence-corrected chi connectivity index (χ2v) is 9.69. The van der Waals surface area contributed by atoms with Gasteiger partial charge in [0.15, 0.2) is 0 Å². The van der Waals surface area contributed by atoms with Crippen LogP contribution in [0.5, 0.6) is 0 Å². The number of furan rings is 1. The average molecular weight is 404 g/mol. The van der Waals surface area contributed by atoms with Crippen LogP contribution < -0.4 is 0 Å². The first kappa shape index (κ1) is 20.4. The molecule has 0 bridgehead atoms. The lowest BCUT2D eigenvalue weighted by Gasteiger charge is -2.34. The first-order valence-corrected chi connectivity index (χ1v) is 10.6. The lowest BCUT2D eigenvalue weighted by Crippen LogP contribution is -2.41. The molecule has 0 N–H and O–H groups in total. The van der Waals surface area contributed by atoms with Crippen molar-refractivity contribution in [2.45, 2.75) is 50.7 Å². The third-order valence-electron chi connectivity index (χ3n) is 4.37. The van der Waals surface area contributed by atoms with Crippen LogP contribution >= 0.6 is 0 Å². The smallest absolute Gasteiger partial charge is 0.336 e. The van der Waals surface area contributed by atoms with Gasteiger partial charge in [-0.1, -0.05) is 23.8 Å². The van der Waals surface area contributed by atoms with Crippen molar-refractivity contribution >= 4 is 16.0 Å². The lowest BCUT2D eigenvalue weighted by molar-refractivity contribution is -0.150. The summed E-state index contributed by atoms with van der Waals surface area (Å²) in [5.74, 6) is -0.162. The summed E-state index contributed by atoms with van der Waals surface area (Å²) in [7, 11) is -3.84. The quantitative estimate of drug-likeness (QED) is 0.722. The molecule has 2 aromatic rings. The zero-order chi connectivity index (χ0) is 20.5. The molecule has 0 saturated carbocycles. The van der Waals surface area contributed by atoms with Crippen LogP contribution in [0.25, 0.3) is 0 Å². The number of ether oxygens (including phenoxy) is 1. The minimum absolute atomic E-state index is 0.181. The van der Waals surface area contributed by atoms with Crippen LogP contribution in [0.1, 0.15) is 44.6 Å². The molecule has 2 heterocycles. The largest absolute Gasteiger partial charge is 0.467 e. The third kappa shape index (κ3) is 4.20. The third-order valence-corrected chi connectivity index (χ3v) is 6.25. The van der Waals surface area contributed by atoms with E-state index in [1.54, 1.807) is 63.2 Å². The number of hydrogen-bond acceptors (Lipinski definition) is 5. The zero-order valence-electron chi connectivity index (χ0n) is 16.5. The maximum absolute atomic E-state index is 13.4. The highest BCUT2D eigenvalue weighted by Crippen LogP contribution is 2.38. The molecule has 0 amide bonds. The van der Waals surface area contributed by atoms with Gasteiger partial charge in [0.1, 0.15) is 17.4 Å². The number of benzene rings is 1. The summed E-state index contributed by atoms with van der Waals surface area (Å²) in [6, 6.07) is 9.14. The predicted molar refractivity (Wildman–Crippen MR) is 105 cm³/mol. The van der Waals surface area contributed by atoms with Crippen LogP contribution in [0.4, 0.5) is 0 Å². The molecule has 0 spiro atoms. The highest BCUT2D eigenvalue weighted by atomic mass is 32.2. The van der Waals surface area contributed by atoms with E-state index >= 15 is 0 Å². The summed E-state index contributed by atoms with van der Waals surface area (Å²) in [6.07, 6.45) is 3.62. The van der Waals surface area contributed by atoms with E-state index in [2.05, 4.69) is 0 Å². The molecule has 6 nitrogen and oxygen atoms in total. The van der Waals surface area contributed by atoms with Gasteiger partial charge in [-0.2, -0.15) is 4.31 Å². The van der Waals surface area contributed by atoms with Crippen molar-refractivity contribution in [3.8, 4) is 0 Å². The molecule has 1 aliphatic rings. The number of nitrogens with zero attached hydrogens (tertiary/aromatic N) is 1. The SMILES string of the molecule is Cc1ccc(S(=O)(=O)N2CCC=C(C(=O)OC(C)(C)C)[C@@H]2c2ccco2)cc1. The van der Waals surface area contributed by atoms with Gasteiger partial charge < -0.3 is 9.15 Å². The molecule has 0 fully saturated rings. The Hall–Kier alpha value is -2.38. The number of hydrogen-bond donors (Lipinski definition) is 0. The van der Waals surface area contributed by atoms with Crippen molar-refractivity contribution in [3.05, 3.63) is 65.6 Å². The van der Waals surface area contributed by atoms with Crippen LogP contribution in [0.2, 0.25) is 0 Å². The minimum atomic E-state index is -3.84. The van der Waals surface area contributed by atoms with E-state index in [4.69, 9.17) is 9.15 Å². The molecule has 150 valence electrons. The lowest BCUT2D eigenvalue weighted by atomic mass is 9.99. The molecule has 0 radical (unpaired) electrons. The fourth-order valence-electron chi connectivity index (χ4n) is 3.12. The number of aryl methyl sites for hydroxylation is 1. The highest BCUT2D eigenvalue weighted by Gasteiger charge is 2.41. The Balaban J connectivity index is 2.05. The maximum Gasteiger partial charge on any atom is 0.336 e. The summed E-state index contributed by atoms with van der Waals surface area (Å²) in [4.78, 5) is 13.0. The number of esters is 1. The maximum atomic E-state index is 13.4. The van der Waals surface area contributed by atoms with Crippen LogP contribution in [-0.4, -0.2) is 30.8 Å². The van der Waals surface area contributed by atoms with Gasteiger partial charge in [-0.3, -0.25) is 0 Å². The molecule has 0 unspecified atom stereocenters. The normalized spacial score (nSPS) is 18.6. The Morgan fingerprint density at radius 2 is 1.86 bits per heavy atom. The molecule has 1 aliphatic heterocycles. The van der Waals surface area contributed by atoms with Crippen molar-refractivity contribution in [1.82, 2.24) is 4.31 Å². The monoisotopic (exact) mass is 403 g/mol. The van der Waals surface area contributed by atoms with E-state index < -0.39 is 27.6 Å². The van der Waals surface area contributed by atoms with Gasteiger partial charge in [-0.05, 0) is 58.4 Å². The second-order valence-electron chi connectivity index (χ2n) is 7.80. The van der Waals surface area contributed by atoms with Crippen molar-refractivity contribution in [2.75, 3.05) is 6.54 Å². The van der Waals surface area contributed by atoms with E-state index in [-0.39, 0.29) is 17.0 Å². The van der Waals surface area contributed by atoms with Crippen LogP contribution in [0.3, 0.4) is 0 Å². The van der Waals surface area contributed by atoms with Crippen molar-refractivity contribution in [2.24, 2.45) is 0 Å². The predicted octanol–water partition coefficient (Wildman–Crippen LogP) is 3.99. The first-order chi connectivity index (χ1) is 13.1. The fraction of sp³-hybridized carbons (Fsp3) is 0.381. The van der Waals surface area contributed by atoms with Gasteiger partial charge >= 0.3 is 5.97 Å². The van der Waals surface area contributed by atoms with Gasteiger partial charge in [-0.15, -0.1) is 0 Å². The Morgan fingerprint density at radius 1 is 1.18 bits per heavy atom. The Labute approximate surface area is 165 Å². The van der Waals surface area contributed by atoms with E-state index in [1.807, 2.05) is 6.92 Å². The van der Waals surface area contributed by atoms with Gasteiger partial charge in [0.05, 0.1) is 16.7 Å². The molecule has 28 heavy (non-hydrogen) atoms. The minimum Gasteiger partial charge on any atom is -0.467 e. The Kier molecular flexibility index (Phi) is 5.50. The second kappa shape index (κ2) is 7.56. The number of rotatable bonds is 4. The standard InChI is InChI=1S/C21H25NO5S/c1-15-9-11-16(12-10-15)28(24,25)22-13-5-7-17(20(23)27-21(2,3)4)19(22)18-8-6-14-26-18/h6-12,14,19H,5,13H2,1-4H3/t19-/m1/s1. The fourth-order valence-corrected chi connectivity index (χ4v) is 4.71. The van der Waals surface area contributed by atoms with Gasteiger partial charge in [0.2, 0.25) is 10.0 Å². The van der Waals surface area contributed by atoms with E-state index in [9.17, 15) is 13.2 Å². The average Bonchev–Trinajstić information content (AvgIpc) is 3.14. The van der Waals surface area contributed by atoms with Gasteiger partial charge in [0.25, 0.3) is 0 Å². The zero-order valence-corrected chi connectivity index (χ0v) is 17.3. The molecule has 7 heteroatoms. The van der Waals surface area contributed by atoms with Crippen molar-refractivity contribution in [3.63, 3.8) is 0 Å². The van der Waals surface area contributed by atoms with Crippen LogP contribution in [0, 0.1) is 6.92 Å². The summed E-state index contributed by atoms with van der Waals surface area (Å²) in [5.41, 5.74) is 0.547. The molecule has 1 aromatic heterocycles. The Morgan fingerprint density at radius 3 is 2.43 bits per heavy atom. The molecule has 0 saturated heterocycles.